The number of hydrogen-bond acceptors (Lipinski definition) is 4. The number of rotatable bonds is 9. The molecule has 0 spiro atoms. The van der Waals surface area contributed by atoms with Crippen molar-refractivity contribution in [1.29, 1.82) is 0 Å². The summed E-state index contributed by atoms with van der Waals surface area (Å²) in [6, 6.07) is 25.8. The number of nitrogens with one attached hydrogen (secondary N) is 1. The maximum Gasteiger partial charge on any atom is 0.407 e. The van der Waals surface area contributed by atoms with Gasteiger partial charge in [0.25, 0.3) is 0 Å². The summed E-state index contributed by atoms with van der Waals surface area (Å²) in [5, 5.41) is 12.3. The second-order valence-corrected chi connectivity index (χ2v) is 10.4. The third-order valence-electron chi connectivity index (χ3n) is 7.93. The van der Waals surface area contributed by atoms with Crippen LogP contribution in [0, 0.1) is 11.8 Å². The molecule has 0 radical (unpaired) electrons. The van der Waals surface area contributed by atoms with Crippen molar-refractivity contribution in [3.63, 3.8) is 0 Å². The molecule has 1 saturated carbocycles. The number of alkyl carbamates (subject to hydrolysis) is 1. The first-order valence-electron chi connectivity index (χ1n) is 13.6. The van der Waals surface area contributed by atoms with Crippen molar-refractivity contribution in [2.45, 2.75) is 38.1 Å². The molecule has 1 fully saturated rings. The molecular formula is C32H34N2O5. The summed E-state index contributed by atoms with van der Waals surface area (Å²) >= 11 is 0. The van der Waals surface area contributed by atoms with E-state index < -0.39 is 12.1 Å². The van der Waals surface area contributed by atoms with E-state index in [9.17, 15) is 19.5 Å². The molecule has 2 aliphatic rings. The highest BCUT2D eigenvalue weighted by molar-refractivity contribution is 5.83. The van der Waals surface area contributed by atoms with Gasteiger partial charge in [0.05, 0.1) is 0 Å². The standard InChI is InChI=1S/C32H34N2O5/c35-30(36)20-34(19-22-10-2-1-3-11-22)31(37)24-13-5-4-12-23(24)18-33-32(38)39-21-29-27-16-8-6-14-25(27)26-15-7-9-17-28(26)29/h1-3,6-11,14-17,23-24,29H,4-5,12-13,18-21H2,(H,33,38)(H,35,36)/t23-,24-/m0/s1. The predicted octanol–water partition coefficient (Wildman–Crippen LogP) is 5.44. The molecule has 2 atom stereocenters. The number of fused-ring (bicyclic) bond motifs is 3. The summed E-state index contributed by atoms with van der Waals surface area (Å²) in [4.78, 5) is 39.3. The number of carboxylic acids is 1. The molecule has 2 N–H and O–H groups in total. The molecule has 0 heterocycles. The lowest BCUT2D eigenvalue weighted by Crippen LogP contribution is -2.45. The lowest BCUT2D eigenvalue weighted by molar-refractivity contribution is -0.148. The Hall–Kier alpha value is -4.13. The van der Waals surface area contributed by atoms with Crippen LogP contribution in [0.3, 0.4) is 0 Å². The van der Waals surface area contributed by atoms with Crippen LogP contribution in [0.2, 0.25) is 0 Å². The summed E-state index contributed by atoms with van der Waals surface area (Å²) in [5.74, 6) is -1.63. The van der Waals surface area contributed by atoms with E-state index in [2.05, 4.69) is 29.6 Å². The fraction of sp³-hybridized carbons (Fsp3) is 0.344. The van der Waals surface area contributed by atoms with E-state index in [1.54, 1.807) is 0 Å². The molecule has 7 nitrogen and oxygen atoms in total. The predicted molar refractivity (Wildman–Crippen MR) is 148 cm³/mol. The highest BCUT2D eigenvalue weighted by Gasteiger charge is 2.35. The summed E-state index contributed by atoms with van der Waals surface area (Å²) in [5.41, 5.74) is 5.54. The van der Waals surface area contributed by atoms with Gasteiger partial charge in [-0.3, -0.25) is 9.59 Å². The zero-order valence-electron chi connectivity index (χ0n) is 21.9. The molecule has 202 valence electrons. The van der Waals surface area contributed by atoms with Gasteiger partial charge >= 0.3 is 12.1 Å². The molecular weight excluding hydrogens is 492 g/mol. The Balaban J connectivity index is 1.20. The van der Waals surface area contributed by atoms with Crippen LogP contribution in [0.15, 0.2) is 78.9 Å². The van der Waals surface area contributed by atoms with Crippen molar-refractivity contribution >= 4 is 18.0 Å². The minimum absolute atomic E-state index is 0.0188. The lowest BCUT2D eigenvalue weighted by Gasteiger charge is -2.34. The van der Waals surface area contributed by atoms with Gasteiger partial charge in [-0.2, -0.15) is 0 Å². The summed E-state index contributed by atoms with van der Waals surface area (Å²) in [6.07, 6.45) is 2.86. The van der Waals surface area contributed by atoms with Crippen LogP contribution in [-0.4, -0.2) is 47.7 Å². The molecule has 3 aromatic carbocycles. The number of benzene rings is 3. The van der Waals surface area contributed by atoms with Gasteiger partial charge in [0, 0.05) is 24.9 Å². The highest BCUT2D eigenvalue weighted by Crippen LogP contribution is 2.44. The van der Waals surface area contributed by atoms with E-state index in [0.717, 1.165) is 36.0 Å². The van der Waals surface area contributed by atoms with Crippen LogP contribution in [0.1, 0.15) is 48.3 Å². The van der Waals surface area contributed by atoms with Gasteiger partial charge in [0.1, 0.15) is 13.2 Å². The molecule has 2 amide bonds. The Bertz CT molecular complexity index is 1280. The first kappa shape index (κ1) is 26.5. The van der Waals surface area contributed by atoms with E-state index in [4.69, 9.17) is 4.74 Å². The topological polar surface area (TPSA) is 95.9 Å². The third kappa shape index (κ3) is 6.14. The van der Waals surface area contributed by atoms with E-state index in [-0.39, 0.29) is 43.4 Å². The van der Waals surface area contributed by atoms with Gasteiger partial charge < -0.3 is 20.1 Å². The Kier molecular flexibility index (Phi) is 8.25. The van der Waals surface area contributed by atoms with Crippen molar-refractivity contribution in [2.75, 3.05) is 19.7 Å². The molecule has 5 rings (SSSR count). The van der Waals surface area contributed by atoms with Gasteiger partial charge in [-0.15, -0.1) is 0 Å². The van der Waals surface area contributed by atoms with Gasteiger partial charge in [0.15, 0.2) is 0 Å². The average Bonchev–Trinajstić information content (AvgIpc) is 3.28. The maximum absolute atomic E-state index is 13.5. The van der Waals surface area contributed by atoms with Crippen LogP contribution >= 0.6 is 0 Å². The SMILES string of the molecule is O=C(O)CN(Cc1ccccc1)C(=O)[C@H]1CCCC[C@H]1CNC(=O)OCC1c2ccccc2-c2ccccc21. The molecule has 2 aliphatic carbocycles. The molecule has 0 saturated heterocycles. The summed E-state index contributed by atoms with van der Waals surface area (Å²) in [6.45, 7) is 0.446. The highest BCUT2D eigenvalue weighted by atomic mass is 16.5. The number of amides is 2. The van der Waals surface area contributed by atoms with Crippen molar-refractivity contribution in [1.82, 2.24) is 10.2 Å². The van der Waals surface area contributed by atoms with Crippen LogP contribution in [-0.2, 0) is 20.9 Å². The Labute approximate surface area is 228 Å². The zero-order chi connectivity index (χ0) is 27.2. The third-order valence-corrected chi connectivity index (χ3v) is 7.93. The van der Waals surface area contributed by atoms with Gasteiger partial charge in [-0.25, -0.2) is 4.79 Å². The van der Waals surface area contributed by atoms with Crippen LogP contribution in [0.25, 0.3) is 11.1 Å². The van der Waals surface area contributed by atoms with Crippen molar-refractivity contribution in [3.8, 4) is 11.1 Å². The van der Waals surface area contributed by atoms with Gasteiger partial charge in [-0.05, 0) is 46.6 Å². The summed E-state index contributed by atoms with van der Waals surface area (Å²) in [7, 11) is 0. The van der Waals surface area contributed by atoms with E-state index >= 15 is 0 Å². The van der Waals surface area contributed by atoms with Crippen LogP contribution in [0.5, 0.6) is 0 Å². The first-order chi connectivity index (χ1) is 19.0. The number of nitrogens with zero attached hydrogens (tertiary/aromatic N) is 1. The minimum Gasteiger partial charge on any atom is -0.480 e. The van der Waals surface area contributed by atoms with Crippen LogP contribution < -0.4 is 5.32 Å². The molecule has 39 heavy (non-hydrogen) atoms. The fourth-order valence-corrected chi connectivity index (χ4v) is 6.05. The molecule has 7 heteroatoms. The number of carboxylic acid groups (broad SMARTS) is 1. The molecule has 0 bridgehead atoms. The monoisotopic (exact) mass is 526 g/mol. The Morgan fingerprint density at radius 2 is 1.46 bits per heavy atom. The Morgan fingerprint density at radius 1 is 0.846 bits per heavy atom. The number of aliphatic carboxylic acids is 1. The zero-order valence-corrected chi connectivity index (χ0v) is 21.9. The Morgan fingerprint density at radius 3 is 2.13 bits per heavy atom. The van der Waals surface area contributed by atoms with Gasteiger partial charge in [0.2, 0.25) is 5.91 Å². The largest absolute Gasteiger partial charge is 0.480 e. The number of hydrogen-bond donors (Lipinski definition) is 2. The number of carbonyl (C=O) groups is 3. The molecule has 0 aromatic heterocycles. The maximum atomic E-state index is 13.5. The number of ether oxygens (including phenoxy) is 1. The van der Waals surface area contributed by atoms with Crippen molar-refractivity contribution in [2.24, 2.45) is 11.8 Å². The quantitative estimate of drug-likeness (QED) is 0.387. The minimum atomic E-state index is -1.04. The normalized spacial score (nSPS) is 18.1. The van der Waals surface area contributed by atoms with Crippen LogP contribution in [0.4, 0.5) is 4.79 Å². The molecule has 3 aromatic rings. The fourth-order valence-electron chi connectivity index (χ4n) is 6.05. The smallest absolute Gasteiger partial charge is 0.407 e. The van der Waals surface area contributed by atoms with Gasteiger partial charge in [-0.1, -0.05) is 91.7 Å². The lowest BCUT2D eigenvalue weighted by atomic mass is 9.78. The summed E-state index contributed by atoms with van der Waals surface area (Å²) < 4.78 is 5.68. The first-order valence-corrected chi connectivity index (χ1v) is 13.6. The average molecular weight is 527 g/mol. The van der Waals surface area contributed by atoms with E-state index in [1.807, 2.05) is 54.6 Å². The second-order valence-electron chi connectivity index (χ2n) is 10.4. The van der Waals surface area contributed by atoms with E-state index in [1.165, 1.54) is 16.0 Å². The van der Waals surface area contributed by atoms with E-state index in [0.29, 0.717) is 13.0 Å². The molecule has 0 aliphatic heterocycles. The second kappa shape index (κ2) is 12.2. The van der Waals surface area contributed by atoms with Crippen molar-refractivity contribution in [3.05, 3.63) is 95.6 Å². The number of carbonyl (C=O) groups excluding carboxylic acids is 2. The van der Waals surface area contributed by atoms with Crippen molar-refractivity contribution < 1.29 is 24.2 Å². The molecule has 0 unspecified atom stereocenters.